The zero-order valence-corrected chi connectivity index (χ0v) is 12.8. The van der Waals surface area contributed by atoms with E-state index in [-0.39, 0.29) is 12.4 Å². The molecular formula is C14H9BrCl2O2. The molecule has 0 radical (unpaired) electrons. The largest absolute Gasteiger partial charge is 0.484 e. The van der Waals surface area contributed by atoms with Crippen molar-refractivity contribution < 1.29 is 9.53 Å². The van der Waals surface area contributed by atoms with E-state index in [1.165, 1.54) is 0 Å². The lowest BCUT2D eigenvalue weighted by atomic mass is 10.1. The van der Waals surface area contributed by atoms with Crippen molar-refractivity contribution in [1.29, 1.82) is 0 Å². The molecular weight excluding hydrogens is 351 g/mol. The van der Waals surface area contributed by atoms with E-state index in [1.807, 2.05) is 0 Å². The third-order valence-electron chi connectivity index (χ3n) is 2.44. The highest BCUT2D eigenvalue weighted by Crippen LogP contribution is 2.31. The molecule has 0 amide bonds. The van der Waals surface area contributed by atoms with Crippen LogP contribution in [0.3, 0.4) is 0 Å². The smallest absolute Gasteiger partial charge is 0.200 e. The van der Waals surface area contributed by atoms with Crippen LogP contribution in [0, 0.1) is 0 Å². The zero-order chi connectivity index (χ0) is 13.8. The van der Waals surface area contributed by atoms with Crippen LogP contribution in [0.2, 0.25) is 10.0 Å². The molecule has 0 saturated heterocycles. The predicted octanol–water partition coefficient (Wildman–Crippen LogP) is 5.02. The number of Topliss-reactive ketones (excluding diaryl/α,β-unsaturated/α-hetero) is 1. The fraction of sp³-hybridized carbons (Fsp3) is 0.0714. The molecule has 0 N–H and O–H groups in total. The molecule has 0 unspecified atom stereocenters. The van der Waals surface area contributed by atoms with Gasteiger partial charge >= 0.3 is 0 Å². The van der Waals surface area contributed by atoms with Gasteiger partial charge in [0.15, 0.2) is 12.4 Å². The Morgan fingerprint density at radius 2 is 1.79 bits per heavy atom. The minimum Gasteiger partial charge on any atom is -0.484 e. The maximum atomic E-state index is 11.9. The molecule has 0 bridgehead atoms. The Kier molecular flexibility index (Phi) is 4.86. The summed E-state index contributed by atoms with van der Waals surface area (Å²) < 4.78 is 6.31. The molecule has 0 saturated carbocycles. The Bertz CT molecular complexity index is 597. The highest BCUT2D eigenvalue weighted by Gasteiger charge is 2.10. The SMILES string of the molecule is O=C(COc1cccc(Cl)c1Cl)c1ccc(Br)cc1. The second kappa shape index (κ2) is 6.42. The van der Waals surface area contributed by atoms with Gasteiger partial charge in [0.2, 0.25) is 0 Å². The molecule has 0 aromatic heterocycles. The van der Waals surface area contributed by atoms with Crippen molar-refractivity contribution in [3.8, 4) is 5.75 Å². The second-order valence-corrected chi connectivity index (χ2v) is 5.47. The van der Waals surface area contributed by atoms with Crippen molar-refractivity contribution in [2.45, 2.75) is 0 Å². The first-order valence-electron chi connectivity index (χ1n) is 5.43. The number of ketones is 1. The fourth-order valence-electron chi connectivity index (χ4n) is 1.46. The van der Waals surface area contributed by atoms with Crippen molar-refractivity contribution in [3.63, 3.8) is 0 Å². The number of carbonyl (C=O) groups is 1. The van der Waals surface area contributed by atoms with Crippen LogP contribution in [0.5, 0.6) is 5.75 Å². The van der Waals surface area contributed by atoms with Gasteiger partial charge in [-0.15, -0.1) is 0 Å². The molecule has 0 aliphatic rings. The Hall–Kier alpha value is -1.03. The van der Waals surface area contributed by atoms with E-state index in [0.717, 1.165) is 4.47 Å². The molecule has 0 aliphatic carbocycles. The summed E-state index contributed by atoms with van der Waals surface area (Å²) in [6.45, 7) is -0.0817. The van der Waals surface area contributed by atoms with Gasteiger partial charge in [0.05, 0.1) is 5.02 Å². The summed E-state index contributed by atoms with van der Waals surface area (Å²) in [5, 5.41) is 0.711. The predicted molar refractivity (Wildman–Crippen MR) is 80.4 cm³/mol. The number of hydrogen-bond acceptors (Lipinski definition) is 2. The van der Waals surface area contributed by atoms with Crippen molar-refractivity contribution in [1.82, 2.24) is 0 Å². The highest BCUT2D eigenvalue weighted by molar-refractivity contribution is 9.10. The van der Waals surface area contributed by atoms with E-state index in [1.54, 1.807) is 42.5 Å². The number of benzene rings is 2. The zero-order valence-electron chi connectivity index (χ0n) is 9.70. The average molecular weight is 360 g/mol. The lowest BCUT2D eigenvalue weighted by Gasteiger charge is -2.08. The van der Waals surface area contributed by atoms with Gasteiger partial charge in [-0.3, -0.25) is 4.79 Å². The molecule has 0 heterocycles. The summed E-state index contributed by atoms with van der Waals surface area (Å²) in [6, 6.07) is 12.1. The second-order valence-electron chi connectivity index (χ2n) is 3.77. The van der Waals surface area contributed by atoms with Crippen LogP contribution in [0.1, 0.15) is 10.4 Å². The van der Waals surface area contributed by atoms with E-state index in [4.69, 9.17) is 27.9 Å². The van der Waals surface area contributed by atoms with Crippen LogP contribution in [-0.4, -0.2) is 12.4 Å². The average Bonchev–Trinajstić information content (AvgIpc) is 2.41. The molecule has 19 heavy (non-hydrogen) atoms. The summed E-state index contributed by atoms with van der Waals surface area (Å²) >= 11 is 15.1. The summed E-state index contributed by atoms with van der Waals surface area (Å²) in [4.78, 5) is 11.9. The molecule has 98 valence electrons. The Morgan fingerprint density at radius 1 is 1.11 bits per heavy atom. The van der Waals surface area contributed by atoms with Gasteiger partial charge in [0, 0.05) is 10.0 Å². The lowest BCUT2D eigenvalue weighted by Crippen LogP contribution is -2.11. The molecule has 0 atom stereocenters. The third-order valence-corrected chi connectivity index (χ3v) is 3.77. The van der Waals surface area contributed by atoms with Crippen molar-refractivity contribution in [2.75, 3.05) is 6.61 Å². The van der Waals surface area contributed by atoms with Crippen molar-refractivity contribution in [2.24, 2.45) is 0 Å². The normalized spacial score (nSPS) is 10.3. The molecule has 2 aromatic carbocycles. The number of rotatable bonds is 4. The van der Waals surface area contributed by atoms with Crippen molar-refractivity contribution in [3.05, 3.63) is 62.5 Å². The van der Waals surface area contributed by atoms with Crippen LogP contribution >= 0.6 is 39.1 Å². The Labute approximate surface area is 129 Å². The van der Waals surface area contributed by atoms with Gasteiger partial charge < -0.3 is 4.74 Å². The van der Waals surface area contributed by atoms with Crippen LogP contribution < -0.4 is 4.74 Å². The van der Waals surface area contributed by atoms with E-state index < -0.39 is 0 Å². The fourth-order valence-corrected chi connectivity index (χ4v) is 2.07. The Morgan fingerprint density at radius 3 is 2.47 bits per heavy atom. The monoisotopic (exact) mass is 358 g/mol. The quantitative estimate of drug-likeness (QED) is 0.716. The topological polar surface area (TPSA) is 26.3 Å². The maximum absolute atomic E-state index is 11.9. The van der Waals surface area contributed by atoms with E-state index in [2.05, 4.69) is 15.9 Å². The molecule has 2 aromatic rings. The number of hydrogen-bond donors (Lipinski definition) is 0. The third kappa shape index (κ3) is 3.72. The first-order valence-corrected chi connectivity index (χ1v) is 6.98. The van der Waals surface area contributed by atoms with Crippen molar-refractivity contribution >= 4 is 44.9 Å². The molecule has 2 nitrogen and oxygen atoms in total. The number of halogens is 3. The van der Waals surface area contributed by atoms with Crippen LogP contribution in [0.25, 0.3) is 0 Å². The van der Waals surface area contributed by atoms with E-state index in [0.29, 0.717) is 21.4 Å². The Balaban J connectivity index is 2.04. The minimum atomic E-state index is -0.122. The van der Waals surface area contributed by atoms with Gasteiger partial charge in [-0.25, -0.2) is 0 Å². The summed E-state index contributed by atoms with van der Waals surface area (Å²) in [6.07, 6.45) is 0. The van der Waals surface area contributed by atoms with Gasteiger partial charge in [-0.1, -0.05) is 57.3 Å². The standard InChI is InChI=1S/C14H9BrCl2O2/c15-10-6-4-9(5-7-10)12(18)8-19-13-3-1-2-11(16)14(13)17/h1-7H,8H2. The molecule has 5 heteroatoms. The first-order chi connectivity index (χ1) is 9.08. The summed E-state index contributed by atoms with van der Waals surface area (Å²) in [7, 11) is 0. The maximum Gasteiger partial charge on any atom is 0.200 e. The minimum absolute atomic E-state index is 0.0817. The first kappa shape index (κ1) is 14.4. The lowest BCUT2D eigenvalue weighted by molar-refractivity contribution is 0.0921. The number of ether oxygens (including phenoxy) is 1. The number of carbonyl (C=O) groups excluding carboxylic acids is 1. The molecule has 0 fully saturated rings. The van der Waals surface area contributed by atoms with E-state index in [9.17, 15) is 4.79 Å². The molecule has 0 aliphatic heterocycles. The van der Waals surface area contributed by atoms with Gasteiger partial charge in [0.1, 0.15) is 10.8 Å². The molecule has 0 spiro atoms. The summed E-state index contributed by atoms with van der Waals surface area (Å²) in [5.41, 5.74) is 0.585. The van der Waals surface area contributed by atoms with Crippen LogP contribution in [0.15, 0.2) is 46.9 Å². The highest BCUT2D eigenvalue weighted by atomic mass is 79.9. The van der Waals surface area contributed by atoms with Gasteiger partial charge in [-0.05, 0) is 24.3 Å². The molecule has 2 rings (SSSR count). The van der Waals surface area contributed by atoms with Gasteiger partial charge in [-0.2, -0.15) is 0 Å². The van der Waals surface area contributed by atoms with Gasteiger partial charge in [0.25, 0.3) is 0 Å². The van der Waals surface area contributed by atoms with Crippen LogP contribution in [-0.2, 0) is 0 Å². The van der Waals surface area contributed by atoms with Crippen LogP contribution in [0.4, 0.5) is 0 Å². The summed E-state index contributed by atoms with van der Waals surface area (Å²) in [5.74, 6) is 0.281. The van der Waals surface area contributed by atoms with E-state index >= 15 is 0 Å².